The van der Waals surface area contributed by atoms with Crippen LogP contribution >= 0.6 is 0 Å². The van der Waals surface area contributed by atoms with Gasteiger partial charge in [0.15, 0.2) is 11.5 Å². The Morgan fingerprint density at radius 2 is 2.08 bits per heavy atom. The number of pyridine rings is 1. The Balaban J connectivity index is 1.70. The number of carbonyl (C=O) groups excluding carboxylic acids is 1. The van der Waals surface area contributed by atoms with Crippen molar-refractivity contribution in [2.45, 2.75) is 20.0 Å². The van der Waals surface area contributed by atoms with Gasteiger partial charge >= 0.3 is 0 Å². The summed E-state index contributed by atoms with van der Waals surface area (Å²) in [5.74, 6) is 0.552. The van der Waals surface area contributed by atoms with E-state index in [1.165, 1.54) is 0 Å². The highest BCUT2D eigenvalue weighted by atomic mass is 16.5. The van der Waals surface area contributed by atoms with Crippen LogP contribution in [0.15, 0.2) is 6.07 Å². The number of nitrogens with zero attached hydrogens (tertiary/aromatic N) is 8. The first-order valence-electron chi connectivity index (χ1n) is 8.39. The van der Waals surface area contributed by atoms with E-state index in [-0.39, 0.29) is 12.0 Å². The highest BCUT2D eigenvalue weighted by molar-refractivity contribution is 6.06. The van der Waals surface area contributed by atoms with Crippen LogP contribution in [0.3, 0.4) is 0 Å². The molecule has 0 saturated carbocycles. The van der Waals surface area contributed by atoms with Crippen molar-refractivity contribution in [1.82, 2.24) is 39.9 Å². The lowest BCUT2D eigenvalue weighted by molar-refractivity contribution is -0.0283. The summed E-state index contributed by atoms with van der Waals surface area (Å²) < 4.78 is 9.05. The zero-order valence-electron chi connectivity index (χ0n) is 15.2. The zero-order valence-corrected chi connectivity index (χ0v) is 15.2. The van der Waals surface area contributed by atoms with Gasteiger partial charge in [0.05, 0.1) is 29.8 Å². The van der Waals surface area contributed by atoms with Gasteiger partial charge in [-0.3, -0.25) is 9.48 Å². The number of ether oxygens (including phenoxy) is 1. The van der Waals surface area contributed by atoms with E-state index < -0.39 is 0 Å². The minimum absolute atomic E-state index is 0.0555. The number of fused-ring (bicyclic) bond motifs is 1. The van der Waals surface area contributed by atoms with Crippen molar-refractivity contribution >= 4 is 16.9 Å². The normalized spacial score (nSPS) is 17.8. The highest BCUT2D eigenvalue weighted by Gasteiger charge is 2.30. The number of morpholine rings is 1. The first-order chi connectivity index (χ1) is 12.5. The maximum absolute atomic E-state index is 13.3. The van der Waals surface area contributed by atoms with E-state index in [1.807, 2.05) is 27.0 Å². The molecule has 0 bridgehead atoms. The molecule has 1 aliphatic heterocycles. The molecule has 26 heavy (non-hydrogen) atoms. The number of amides is 1. The van der Waals surface area contributed by atoms with Crippen LogP contribution in [0.2, 0.25) is 0 Å². The molecule has 0 N–H and O–H groups in total. The standard InChI is InChI=1S/C16H20N8O2/c1-9-7-11(13-10(2)19-22(3)15(13)17-9)16(25)24-5-6-26-12(8-24)14-18-20-21-23(14)4/h7,12H,5-6,8H2,1-4H3. The van der Waals surface area contributed by atoms with Gasteiger partial charge in [0.2, 0.25) is 0 Å². The molecule has 3 aromatic heterocycles. The fourth-order valence-corrected chi connectivity index (χ4v) is 3.41. The van der Waals surface area contributed by atoms with Crippen LogP contribution in [-0.4, -0.2) is 65.5 Å². The molecule has 1 unspecified atom stereocenters. The third kappa shape index (κ3) is 2.62. The summed E-state index contributed by atoms with van der Waals surface area (Å²) in [6, 6.07) is 1.83. The molecule has 1 saturated heterocycles. The molecule has 0 spiro atoms. The minimum atomic E-state index is -0.346. The first-order valence-corrected chi connectivity index (χ1v) is 8.39. The average molecular weight is 356 g/mol. The van der Waals surface area contributed by atoms with Crippen LogP contribution in [0.4, 0.5) is 0 Å². The molecule has 1 amide bonds. The van der Waals surface area contributed by atoms with E-state index in [0.717, 1.165) is 16.8 Å². The topological polar surface area (TPSA) is 104 Å². The summed E-state index contributed by atoms with van der Waals surface area (Å²) in [5, 5.41) is 16.7. The molecule has 136 valence electrons. The van der Waals surface area contributed by atoms with Crippen molar-refractivity contribution in [3.8, 4) is 0 Å². The van der Waals surface area contributed by atoms with Crippen molar-refractivity contribution in [2.75, 3.05) is 19.7 Å². The molecule has 1 fully saturated rings. The minimum Gasteiger partial charge on any atom is -0.366 e. The molecule has 4 heterocycles. The van der Waals surface area contributed by atoms with Crippen molar-refractivity contribution < 1.29 is 9.53 Å². The van der Waals surface area contributed by atoms with Gasteiger partial charge in [-0.15, -0.1) is 5.10 Å². The van der Waals surface area contributed by atoms with Gasteiger partial charge in [0.25, 0.3) is 5.91 Å². The van der Waals surface area contributed by atoms with E-state index in [1.54, 1.807) is 21.3 Å². The average Bonchev–Trinajstić information content (AvgIpc) is 3.17. The largest absolute Gasteiger partial charge is 0.366 e. The number of hydrogen-bond donors (Lipinski definition) is 0. The molecular formula is C16H20N8O2. The monoisotopic (exact) mass is 356 g/mol. The molecule has 1 aliphatic rings. The van der Waals surface area contributed by atoms with Crippen molar-refractivity contribution in [2.24, 2.45) is 14.1 Å². The van der Waals surface area contributed by atoms with E-state index in [0.29, 0.717) is 36.7 Å². The predicted octanol–water partition coefficient (Wildman–Crippen LogP) is 0.322. The van der Waals surface area contributed by atoms with E-state index >= 15 is 0 Å². The second-order valence-corrected chi connectivity index (χ2v) is 6.49. The van der Waals surface area contributed by atoms with Crippen LogP contribution in [0.5, 0.6) is 0 Å². The van der Waals surface area contributed by atoms with Crippen LogP contribution in [0, 0.1) is 13.8 Å². The summed E-state index contributed by atoms with van der Waals surface area (Å²) in [6.07, 6.45) is -0.346. The van der Waals surface area contributed by atoms with Crippen molar-refractivity contribution in [1.29, 1.82) is 0 Å². The van der Waals surface area contributed by atoms with Crippen molar-refractivity contribution in [3.63, 3.8) is 0 Å². The summed E-state index contributed by atoms with van der Waals surface area (Å²) in [6.45, 7) is 5.12. The van der Waals surface area contributed by atoms with E-state index in [4.69, 9.17) is 4.74 Å². The zero-order chi connectivity index (χ0) is 18.4. The molecule has 0 radical (unpaired) electrons. The Morgan fingerprint density at radius 1 is 1.27 bits per heavy atom. The van der Waals surface area contributed by atoms with Crippen LogP contribution in [0.1, 0.15) is 33.7 Å². The number of tetrazole rings is 1. The lowest BCUT2D eigenvalue weighted by atomic mass is 10.1. The summed E-state index contributed by atoms with van der Waals surface area (Å²) >= 11 is 0. The highest BCUT2D eigenvalue weighted by Crippen LogP contribution is 2.26. The van der Waals surface area contributed by atoms with E-state index in [2.05, 4.69) is 25.6 Å². The Labute approximate surface area is 149 Å². The number of hydrogen-bond acceptors (Lipinski definition) is 7. The summed E-state index contributed by atoms with van der Waals surface area (Å²) in [5.41, 5.74) is 2.91. The molecule has 0 aromatic carbocycles. The van der Waals surface area contributed by atoms with Crippen molar-refractivity contribution in [3.05, 3.63) is 28.8 Å². The molecule has 10 nitrogen and oxygen atoms in total. The Hall–Kier alpha value is -2.88. The lowest BCUT2D eigenvalue weighted by Crippen LogP contribution is -2.43. The van der Waals surface area contributed by atoms with Gasteiger partial charge in [0, 0.05) is 26.3 Å². The van der Waals surface area contributed by atoms with Crippen LogP contribution in [-0.2, 0) is 18.8 Å². The first kappa shape index (κ1) is 16.6. The van der Waals surface area contributed by atoms with Crippen LogP contribution < -0.4 is 0 Å². The van der Waals surface area contributed by atoms with Gasteiger partial charge < -0.3 is 9.64 Å². The maximum Gasteiger partial charge on any atom is 0.254 e. The molecule has 0 aliphatic carbocycles. The third-order valence-corrected chi connectivity index (χ3v) is 4.62. The van der Waals surface area contributed by atoms with Crippen LogP contribution in [0.25, 0.3) is 11.0 Å². The molecule has 10 heteroatoms. The van der Waals surface area contributed by atoms with Gasteiger partial charge in [0.1, 0.15) is 6.10 Å². The molecular weight excluding hydrogens is 336 g/mol. The summed E-state index contributed by atoms with van der Waals surface area (Å²) in [7, 11) is 3.59. The number of aryl methyl sites for hydroxylation is 4. The fourth-order valence-electron chi connectivity index (χ4n) is 3.41. The smallest absolute Gasteiger partial charge is 0.254 e. The third-order valence-electron chi connectivity index (χ3n) is 4.62. The Kier molecular flexibility index (Phi) is 3.91. The Morgan fingerprint density at radius 3 is 2.81 bits per heavy atom. The van der Waals surface area contributed by atoms with Gasteiger partial charge in [-0.2, -0.15) is 5.10 Å². The number of rotatable bonds is 2. The molecule has 3 aromatic rings. The fraction of sp³-hybridized carbons (Fsp3) is 0.500. The number of carbonyl (C=O) groups is 1. The predicted molar refractivity (Wildman–Crippen MR) is 91.4 cm³/mol. The summed E-state index contributed by atoms with van der Waals surface area (Å²) in [4.78, 5) is 19.6. The molecule has 1 atom stereocenters. The SMILES string of the molecule is Cc1cc(C(=O)N2CCOC(c3nnnn3C)C2)c2c(C)nn(C)c2n1. The van der Waals surface area contributed by atoms with Gasteiger partial charge in [-0.05, 0) is 30.3 Å². The van der Waals surface area contributed by atoms with Gasteiger partial charge in [-0.1, -0.05) is 0 Å². The van der Waals surface area contributed by atoms with Gasteiger partial charge in [-0.25, -0.2) is 9.67 Å². The Bertz CT molecular complexity index is 992. The second kappa shape index (κ2) is 6.13. The lowest BCUT2D eigenvalue weighted by Gasteiger charge is -2.32. The maximum atomic E-state index is 13.3. The van der Waals surface area contributed by atoms with E-state index in [9.17, 15) is 4.79 Å². The molecule has 4 rings (SSSR count). The quantitative estimate of drug-likeness (QED) is 0.651. The second-order valence-electron chi connectivity index (χ2n) is 6.49. The number of aromatic nitrogens is 7.